The Hall–Kier alpha value is -5.10. The lowest BCUT2D eigenvalue weighted by Gasteiger charge is -2.15. The fraction of sp³-hybridized carbons (Fsp3) is 0.242. The number of nitrogens with zero attached hydrogens (tertiary/aromatic N) is 1. The van der Waals surface area contributed by atoms with Gasteiger partial charge in [0.1, 0.15) is 11.5 Å². The number of ether oxygens (including phenoxy) is 4. The van der Waals surface area contributed by atoms with Crippen LogP contribution in [0.15, 0.2) is 66.7 Å². The van der Waals surface area contributed by atoms with Crippen LogP contribution >= 0.6 is 0 Å². The van der Waals surface area contributed by atoms with Gasteiger partial charge in [0.05, 0.1) is 56.4 Å². The van der Waals surface area contributed by atoms with Crippen LogP contribution in [0.2, 0.25) is 0 Å². The standard InChI is InChI=1S/C33H32N2O9S/c1-5-43-30-23-9-7-8-10-24(23)31(44-6-2)29-28(30)32(37)35(33(29)38)22-14-11-20(12-15-22)19-45(39,40)34-27(36)18-21-13-16-25(41-3)26(17-21)42-4/h7-17H,5-6,18-19H2,1-4H3,(H,34,36). The highest BCUT2D eigenvalue weighted by atomic mass is 32.2. The van der Waals surface area contributed by atoms with E-state index in [0.29, 0.717) is 44.9 Å². The van der Waals surface area contributed by atoms with Crippen LogP contribution in [0.5, 0.6) is 23.0 Å². The van der Waals surface area contributed by atoms with Crippen molar-refractivity contribution < 1.29 is 41.7 Å². The Morgan fingerprint density at radius 2 is 1.29 bits per heavy atom. The molecule has 0 bridgehead atoms. The van der Waals surface area contributed by atoms with Crippen molar-refractivity contribution in [1.82, 2.24) is 4.72 Å². The number of hydrogen-bond acceptors (Lipinski definition) is 9. The van der Waals surface area contributed by atoms with Crippen molar-refractivity contribution in [3.05, 3.63) is 89.0 Å². The minimum atomic E-state index is -4.06. The summed E-state index contributed by atoms with van der Waals surface area (Å²) in [6.45, 7) is 4.14. The van der Waals surface area contributed by atoms with E-state index in [1.807, 2.05) is 24.3 Å². The Balaban J connectivity index is 1.36. The minimum absolute atomic E-state index is 0.118. The SMILES string of the molecule is CCOc1c2c(c(OCC)c3ccccc13)C(=O)N(c1ccc(CS(=O)(=O)NC(=O)Cc3ccc(OC)c(OC)c3)cc1)C2=O. The normalized spacial score (nSPS) is 12.7. The van der Waals surface area contributed by atoms with Gasteiger partial charge in [-0.25, -0.2) is 13.3 Å². The average molecular weight is 633 g/mol. The molecule has 0 saturated heterocycles. The van der Waals surface area contributed by atoms with Gasteiger partial charge in [-0.2, -0.15) is 0 Å². The molecule has 4 aromatic rings. The summed E-state index contributed by atoms with van der Waals surface area (Å²) in [5.41, 5.74) is 1.37. The Morgan fingerprint density at radius 3 is 1.80 bits per heavy atom. The second kappa shape index (κ2) is 12.9. The Kier molecular flexibility index (Phi) is 8.96. The molecule has 3 amide bonds. The quantitative estimate of drug-likeness (QED) is 0.221. The molecule has 0 aromatic heterocycles. The maximum Gasteiger partial charge on any atom is 0.270 e. The smallest absolute Gasteiger partial charge is 0.270 e. The molecule has 1 N–H and O–H groups in total. The Morgan fingerprint density at radius 1 is 0.756 bits per heavy atom. The third kappa shape index (κ3) is 6.14. The van der Waals surface area contributed by atoms with Gasteiger partial charge >= 0.3 is 0 Å². The van der Waals surface area contributed by atoms with Crippen molar-refractivity contribution in [3.8, 4) is 23.0 Å². The highest BCUT2D eigenvalue weighted by Gasteiger charge is 2.43. The molecule has 0 radical (unpaired) electrons. The fourth-order valence-corrected chi connectivity index (χ4v) is 6.43. The highest BCUT2D eigenvalue weighted by Crippen LogP contribution is 2.46. The molecule has 0 unspecified atom stereocenters. The zero-order valence-corrected chi connectivity index (χ0v) is 26.0. The van der Waals surface area contributed by atoms with E-state index in [1.165, 1.54) is 38.5 Å². The summed E-state index contributed by atoms with van der Waals surface area (Å²) in [5, 5.41) is 1.30. The largest absolute Gasteiger partial charge is 0.493 e. The van der Waals surface area contributed by atoms with E-state index in [4.69, 9.17) is 18.9 Å². The summed E-state index contributed by atoms with van der Waals surface area (Å²) in [5.74, 6) is -0.857. The van der Waals surface area contributed by atoms with Crippen molar-refractivity contribution in [1.29, 1.82) is 0 Å². The van der Waals surface area contributed by atoms with Gasteiger partial charge in [-0.1, -0.05) is 42.5 Å². The van der Waals surface area contributed by atoms with Crippen LogP contribution in [-0.2, 0) is 27.0 Å². The first-order valence-electron chi connectivity index (χ1n) is 14.2. The van der Waals surface area contributed by atoms with Gasteiger partial charge in [0.2, 0.25) is 15.9 Å². The summed E-state index contributed by atoms with van der Waals surface area (Å²) in [7, 11) is -1.11. The first-order valence-corrected chi connectivity index (χ1v) is 15.8. The van der Waals surface area contributed by atoms with Crippen LogP contribution in [0.1, 0.15) is 45.7 Å². The Bertz CT molecular complexity index is 1840. The van der Waals surface area contributed by atoms with E-state index in [9.17, 15) is 22.8 Å². The summed E-state index contributed by atoms with van der Waals surface area (Å²) < 4.78 is 49.9. The molecule has 11 nitrogen and oxygen atoms in total. The first kappa shape index (κ1) is 31.3. The third-order valence-corrected chi connectivity index (χ3v) is 8.42. The predicted molar refractivity (Wildman–Crippen MR) is 168 cm³/mol. The van der Waals surface area contributed by atoms with Gasteiger partial charge < -0.3 is 18.9 Å². The van der Waals surface area contributed by atoms with Gasteiger partial charge in [0.25, 0.3) is 11.8 Å². The number of amides is 3. The van der Waals surface area contributed by atoms with Crippen molar-refractivity contribution in [2.45, 2.75) is 26.0 Å². The molecule has 45 heavy (non-hydrogen) atoms. The molecule has 234 valence electrons. The second-order valence-electron chi connectivity index (χ2n) is 10.1. The molecule has 1 aliphatic heterocycles. The van der Waals surface area contributed by atoms with Crippen LogP contribution in [0.4, 0.5) is 5.69 Å². The second-order valence-corrected chi connectivity index (χ2v) is 11.8. The van der Waals surface area contributed by atoms with Gasteiger partial charge in [-0.3, -0.25) is 19.1 Å². The van der Waals surface area contributed by atoms with Crippen molar-refractivity contribution in [2.24, 2.45) is 0 Å². The summed E-state index contributed by atoms with van der Waals surface area (Å²) >= 11 is 0. The minimum Gasteiger partial charge on any atom is -0.493 e. The van der Waals surface area contributed by atoms with Crippen molar-refractivity contribution >= 4 is 44.2 Å². The highest BCUT2D eigenvalue weighted by molar-refractivity contribution is 7.89. The van der Waals surface area contributed by atoms with E-state index in [1.54, 1.807) is 32.0 Å². The molecule has 0 atom stereocenters. The van der Waals surface area contributed by atoms with Crippen molar-refractivity contribution in [2.75, 3.05) is 32.3 Å². The molecule has 4 aromatic carbocycles. The lowest BCUT2D eigenvalue weighted by molar-refractivity contribution is -0.118. The molecule has 1 heterocycles. The van der Waals surface area contributed by atoms with Crippen LogP contribution in [0, 0.1) is 0 Å². The fourth-order valence-electron chi connectivity index (χ4n) is 5.30. The number of fused-ring (bicyclic) bond motifs is 2. The number of sulfonamides is 1. The van der Waals surface area contributed by atoms with Gasteiger partial charge in [0, 0.05) is 10.8 Å². The molecule has 5 rings (SSSR count). The van der Waals surface area contributed by atoms with Gasteiger partial charge in [-0.05, 0) is 49.2 Å². The molecule has 12 heteroatoms. The summed E-state index contributed by atoms with van der Waals surface area (Å²) in [6.07, 6.45) is -0.194. The number of methoxy groups -OCH3 is 2. The maximum atomic E-state index is 13.8. The zero-order valence-electron chi connectivity index (χ0n) is 25.2. The number of benzene rings is 4. The molecule has 0 aliphatic carbocycles. The van der Waals surface area contributed by atoms with E-state index in [2.05, 4.69) is 4.72 Å². The number of hydrogen-bond donors (Lipinski definition) is 1. The maximum absolute atomic E-state index is 13.8. The number of rotatable bonds is 12. The van der Waals surface area contributed by atoms with E-state index < -0.39 is 33.5 Å². The number of carbonyl (C=O) groups is 3. The van der Waals surface area contributed by atoms with Crippen LogP contribution in [0.25, 0.3) is 10.8 Å². The first-order chi connectivity index (χ1) is 21.6. The molecule has 0 saturated carbocycles. The summed E-state index contributed by atoms with van der Waals surface area (Å²) in [6, 6.07) is 18.1. The average Bonchev–Trinajstić information content (AvgIpc) is 3.28. The molecular weight excluding hydrogens is 600 g/mol. The summed E-state index contributed by atoms with van der Waals surface area (Å²) in [4.78, 5) is 41.1. The number of nitrogens with one attached hydrogen (secondary N) is 1. The molecular formula is C33H32N2O9S. The lowest BCUT2D eigenvalue weighted by Crippen LogP contribution is -2.32. The van der Waals surface area contributed by atoms with E-state index in [0.717, 1.165) is 4.90 Å². The zero-order chi connectivity index (χ0) is 32.3. The molecule has 0 spiro atoms. The number of carbonyl (C=O) groups excluding carboxylic acids is 3. The Labute approximate surface area is 260 Å². The number of imide groups is 1. The van der Waals surface area contributed by atoms with Crippen molar-refractivity contribution in [3.63, 3.8) is 0 Å². The topological polar surface area (TPSA) is 138 Å². The lowest BCUT2D eigenvalue weighted by atomic mass is 9.99. The van der Waals surface area contributed by atoms with Gasteiger partial charge in [0.15, 0.2) is 11.5 Å². The van der Waals surface area contributed by atoms with E-state index >= 15 is 0 Å². The molecule has 1 aliphatic rings. The van der Waals surface area contributed by atoms with E-state index in [-0.39, 0.29) is 36.4 Å². The molecule has 0 fully saturated rings. The monoisotopic (exact) mass is 632 g/mol. The predicted octanol–water partition coefficient (Wildman–Crippen LogP) is 4.64. The van der Waals surface area contributed by atoms with Gasteiger partial charge in [-0.15, -0.1) is 0 Å². The van der Waals surface area contributed by atoms with Crippen LogP contribution in [0.3, 0.4) is 0 Å². The van der Waals surface area contributed by atoms with Crippen LogP contribution < -0.4 is 28.6 Å². The number of anilines is 1. The third-order valence-electron chi connectivity index (χ3n) is 7.16. The van der Waals surface area contributed by atoms with Crippen LogP contribution in [-0.4, -0.2) is 53.6 Å².